The highest BCUT2D eigenvalue weighted by Crippen LogP contribution is 2.27. The van der Waals surface area contributed by atoms with E-state index in [-0.39, 0.29) is 24.4 Å². The molecule has 1 aliphatic carbocycles. The Hall–Kier alpha value is -1.26. The number of hydrogen-bond acceptors (Lipinski definition) is 3. The third kappa shape index (κ3) is 5.70. The monoisotopic (exact) mass is 320 g/mol. The molecule has 0 amide bonds. The lowest BCUT2D eigenvalue weighted by molar-refractivity contribution is 0.209. The maximum Gasteiger partial charge on any atom is 0.146 e. The van der Waals surface area contributed by atoms with Gasteiger partial charge in [-0.2, -0.15) is 0 Å². The van der Waals surface area contributed by atoms with E-state index in [1.165, 1.54) is 31.7 Å². The number of pyridine rings is 1. The number of nitrogens with zero attached hydrogens (tertiary/aromatic N) is 1. The lowest BCUT2D eigenvalue weighted by Crippen LogP contribution is -2.37. The first-order valence-electron chi connectivity index (χ1n) is 8.76. The van der Waals surface area contributed by atoms with Gasteiger partial charge in [0, 0.05) is 12.6 Å². The lowest BCUT2D eigenvalue weighted by Gasteiger charge is -2.19. The second-order valence-electron chi connectivity index (χ2n) is 6.87. The van der Waals surface area contributed by atoms with Crippen molar-refractivity contribution in [3.8, 4) is 0 Å². The van der Waals surface area contributed by atoms with Gasteiger partial charge in [-0.25, -0.2) is 9.37 Å². The van der Waals surface area contributed by atoms with Gasteiger partial charge in [0.15, 0.2) is 0 Å². The van der Waals surface area contributed by atoms with E-state index in [4.69, 9.17) is 0 Å². The van der Waals surface area contributed by atoms with E-state index in [1.807, 2.05) is 19.9 Å². The molecule has 1 atom stereocenters. The zero-order valence-corrected chi connectivity index (χ0v) is 14.3. The van der Waals surface area contributed by atoms with Crippen molar-refractivity contribution < 1.29 is 9.50 Å². The number of hydrogen-bond donors (Lipinski definition) is 2. The van der Waals surface area contributed by atoms with Crippen LogP contribution in [0.2, 0.25) is 0 Å². The third-order valence-corrected chi connectivity index (χ3v) is 4.71. The highest BCUT2D eigenvalue weighted by molar-refractivity contribution is 5.44. The quantitative estimate of drug-likeness (QED) is 0.763. The average Bonchev–Trinajstić information content (AvgIpc) is 3.03. The van der Waals surface area contributed by atoms with Crippen LogP contribution in [0.25, 0.3) is 6.08 Å². The van der Waals surface area contributed by atoms with E-state index < -0.39 is 0 Å². The molecule has 4 heteroatoms. The summed E-state index contributed by atoms with van der Waals surface area (Å²) < 4.78 is 13.9. The smallest absolute Gasteiger partial charge is 0.146 e. The van der Waals surface area contributed by atoms with Gasteiger partial charge in [0.25, 0.3) is 0 Å². The molecule has 1 fully saturated rings. The van der Waals surface area contributed by atoms with Crippen LogP contribution in [0.4, 0.5) is 4.39 Å². The van der Waals surface area contributed by atoms with E-state index in [0.29, 0.717) is 12.2 Å². The molecule has 2 N–H and O–H groups in total. The van der Waals surface area contributed by atoms with Crippen LogP contribution in [0.1, 0.15) is 57.3 Å². The maximum absolute atomic E-state index is 13.9. The molecule has 0 aliphatic heterocycles. The molecular weight excluding hydrogens is 291 g/mol. The standard InChI is InChI=1S/C19H29FN2O/c1-14(2)19(13-23)21-12-18-17(20)11-10-16(22-18)9-5-8-15-6-3-4-7-15/h5,9-11,14-15,19,21,23H,3-4,6-8,12-13H2,1-2H3/b9-5+/t19-/m0/s1. The second-order valence-corrected chi connectivity index (χ2v) is 6.87. The van der Waals surface area contributed by atoms with Crippen molar-refractivity contribution in [1.29, 1.82) is 0 Å². The van der Waals surface area contributed by atoms with Crippen LogP contribution in [0, 0.1) is 17.7 Å². The maximum atomic E-state index is 13.9. The van der Waals surface area contributed by atoms with Gasteiger partial charge < -0.3 is 10.4 Å². The molecular formula is C19H29FN2O. The SMILES string of the molecule is CC(C)[C@H](CO)NCc1nc(/C=C/CC2CCCC2)ccc1F. The van der Waals surface area contributed by atoms with Crippen molar-refractivity contribution in [2.75, 3.05) is 6.61 Å². The Bertz CT molecular complexity index is 510. The first kappa shape index (κ1) is 18.1. The first-order valence-corrected chi connectivity index (χ1v) is 8.76. The Morgan fingerprint density at radius 1 is 1.35 bits per heavy atom. The predicted octanol–water partition coefficient (Wildman–Crippen LogP) is 3.92. The van der Waals surface area contributed by atoms with Crippen LogP contribution in [0.5, 0.6) is 0 Å². The summed E-state index contributed by atoms with van der Waals surface area (Å²) >= 11 is 0. The fourth-order valence-corrected chi connectivity index (χ4v) is 3.08. The molecule has 0 spiro atoms. The Balaban J connectivity index is 1.93. The molecule has 0 radical (unpaired) electrons. The van der Waals surface area contributed by atoms with E-state index in [1.54, 1.807) is 6.07 Å². The molecule has 0 aromatic carbocycles. The molecule has 1 heterocycles. The molecule has 0 bridgehead atoms. The highest BCUT2D eigenvalue weighted by Gasteiger charge is 2.14. The Morgan fingerprint density at radius 3 is 2.74 bits per heavy atom. The van der Waals surface area contributed by atoms with E-state index >= 15 is 0 Å². The minimum Gasteiger partial charge on any atom is -0.395 e. The second kappa shape index (κ2) is 9.14. The minimum absolute atomic E-state index is 0.0419. The van der Waals surface area contributed by atoms with Gasteiger partial charge in [0.05, 0.1) is 18.0 Å². The van der Waals surface area contributed by atoms with Gasteiger partial charge in [-0.15, -0.1) is 0 Å². The summed E-state index contributed by atoms with van der Waals surface area (Å²) in [5.41, 5.74) is 1.21. The Morgan fingerprint density at radius 2 is 2.09 bits per heavy atom. The zero-order chi connectivity index (χ0) is 16.7. The normalized spacial score (nSPS) is 17.4. The van der Waals surface area contributed by atoms with Gasteiger partial charge in [-0.1, -0.05) is 45.6 Å². The van der Waals surface area contributed by atoms with Crippen molar-refractivity contribution >= 4 is 6.08 Å². The molecule has 1 saturated carbocycles. The molecule has 2 rings (SSSR count). The zero-order valence-electron chi connectivity index (χ0n) is 14.3. The Kier molecular flexibility index (Phi) is 7.18. The van der Waals surface area contributed by atoms with E-state index in [2.05, 4.69) is 16.4 Å². The number of aromatic nitrogens is 1. The summed E-state index contributed by atoms with van der Waals surface area (Å²) in [6, 6.07) is 3.15. The van der Waals surface area contributed by atoms with E-state index in [9.17, 15) is 9.50 Å². The average molecular weight is 320 g/mol. The number of nitrogens with one attached hydrogen (secondary N) is 1. The van der Waals surface area contributed by atoms with Crippen LogP contribution in [0.15, 0.2) is 18.2 Å². The Labute approximate surface area is 139 Å². The molecule has 1 aromatic heterocycles. The summed E-state index contributed by atoms with van der Waals surface area (Å²) in [4.78, 5) is 4.40. The van der Waals surface area contributed by atoms with Crippen molar-refractivity contribution in [2.24, 2.45) is 11.8 Å². The van der Waals surface area contributed by atoms with Crippen LogP contribution >= 0.6 is 0 Å². The van der Waals surface area contributed by atoms with Crippen LogP contribution in [0.3, 0.4) is 0 Å². The fourth-order valence-electron chi connectivity index (χ4n) is 3.08. The van der Waals surface area contributed by atoms with Gasteiger partial charge in [0.2, 0.25) is 0 Å². The number of aliphatic hydroxyl groups excluding tert-OH is 1. The minimum atomic E-state index is -0.300. The molecule has 0 unspecified atom stereocenters. The van der Waals surface area contributed by atoms with Gasteiger partial charge in [0.1, 0.15) is 5.82 Å². The summed E-state index contributed by atoms with van der Waals surface area (Å²) in [5.74, 6) is 0.799. The topological polar surface area (TPSA) is 45.1 Å². The van der Waals surface area contributed by atoms with E-state index in [0.717, 1.165) is 18.0 Å². The van der Waals surface area contributed by atoms with Crippen molar-refractivity contribution in [3.63, 3.8) is 0 Å². The molecule has 1 aromatic rings. The number of aliphatic hydroxyl groups is 1. The summed E-state index contributed by atoms with van der Waals surface area (Å²) in [6.45, 7) is 4.43. The molecule has 3 nitrogen and oxygen atoms in total. The fraction of sp³-hybridized carbons (Fsp3) is 0.632. The number of rotatable bonds is 8. The van der Waals surface area contributed by atoms with Crippen LogP contribution < -0.4 is 5.32 Å². The summed E-state index contributed by atoms with van der Waals surface area (Å²) in [5, 5.41) is 12.5. The predicted molar refractivity (Wildman–Crippen MR) is 92.4 cm³/mol. The van der Waals surface area contributed by atoms with Crippen LogP contribution in [-0.4, -0.2) is 22.7 Å². The molecule has 0 saturated heterocycles. The van der Waals surface area contributed by atoms with Gasteiger partial charge in [-0.3, -0.25) is 0 Å². The van der Waals surface area contributed by atoms with Gasteiger partial charge in [-0.05, 0) is 36.5 Å². The summed E-state index contributed by atoms with van der Waals surface area (Å²) in [7, 11) is 0. The number of allylic oxidation sites excluding steroid dienone is 1. The largest absolute Gasteiger partial charge is 0.395 e. The summed E-state index contributed by atoms with van der Waals surface area (Å²) in [6.07, 6.45) is 10.6. The number of halogens is 1. The molecule has 128 valence electrons. The highest BCUT2D eigenvalue weighted by atomic mass is 19.1. The van der Waals surface area contributed by atoms with Crippen molar-refractivity contribution in [1.82, 2.24) is 10.3 Å². The van der Waals surface area contributed by atoms with Crippen LogP contribution in [-0.2, 0) is 6.54 Å². The van der Waals surface area contributed by atoms with Crippen molar-refractivity contribution in [2.45, 2.75) is 58.5 Å². The molecule has 1 aliphatic rings. The third-order valence-electron chi connectivity index (χ3n) is 4.71. The van der Waals surface area contributed by atoms with Gasteiger partial charge >= 0.3 is 0 Å². The molecule has 23 heavy (non-hydrogen) atoms. The van der Waals surface area contributed by atoms with Crippen molar-refractivity contribution in [3.05, 3.63) is 35.4 Å². The first-order chi connectivity index (χ1) is 11.1. The lowest BCUT2D eigenvalue weighted by atomic mass is 10.0.